The van der Waals surface area contributed by atoms with E-state index in [1.54, 1.807) is 11.8 Å². The summed E-state index contributed by atoms with van der Waals surface area (Å²) in [6, 6.07) is 28.7. The Morgan fingerprint density at radius 2 is 1.45 bits per heavy atom. The van der Waals surface area contributed by atoms with Gasteiger partial charge >= 0.3 is 5.97 Å². The number of ether oxygens (including phenoxy) is 1. The Kier molecular flexibility index (Phi) is 13.5. The molecule has 1 heterocycles. The van der Waals surface area contributed by atoms with E-state index in [4.69, 9.17) is 4.74 Å². The topological polar surface area (TPSA) is 105 Å². The molecule has 0 spiro atoms. The standard InChI is InChI=1S/C36H42N2O5S/c39-23-32(21-28-14-6-2-7-15-28)37-34(40)22-30-18-10-11-19-31(20-27-12-4-1-5-13-27)36(42)43-24-33(38-35(30)41)26-44-25-29-16-8-3-9-17-29/h1-17,30-33,39H,18-26H2,(H,37,40)(H,38,41)/t30-,31-,32+,33-/m1/s1. The molecular weight excluding hydrogens is 572 g/mol. The summed E-state index contributed by atoms with van der Waals surface area (Å²) in [5.41, 5.74) is 3.24. The number of rotatable bonds is 12. The Morgan fingerprint density at radius 3 is 2.09 bits per heavy atom. The molecule has 232 valence electrons. The number of thioether (sulfide) groups is 1. The zero-order chi connectivity index (χ0) is 31.0. The monoisotopic (exact) mass is 614 g/mol. The molecule has 0 bridgehead atoms. The third-order valence-electron chi connectivity index (χ3n) is 7.58. The molecule has 7 nitrogen and oxygen atoms in total. The van der Waals surface area contributed by atoms with Crippen LogP contribution < -0.4 is 10.6 Å². The van der Waals surface area contributed by atoms with Crippen molar-refractivity contribution in [1.82, 2.24) is 10.6 Å². The molecule has 0 saturated carbocycles. The van der Waals surface area contributed by atoms with E-state index in [0.717, 1.165) is 16.9 Å². The number of amides is 2. The first-order chi connectivity index (χ1) is 21.5. The summed E-state index contributed by atoms with van der Waals surface area (Å²) >= 11 is 1.66. The molecule has 3 aromatic carbocycles. The van der Waals surface area contributed by atoms with Crippen LogP contribution in [0.2, 0.25) is 0 Å². The average Bonchev–Trinajstić information content (AvgIpc) is 3.04. The van der Waals surface area contributed by atoms with Crippen LogP contribution in [0.1, 0.15) is 36.0 Å². The Morgan fingerprint density at radius 1 is 0.864 bits per heavy atom. The van der Waals surface area contributed by atoms with E-state index in [2.05, 4.69) is 22.8 Å². The van der Waals surface area contributed by atoms with Gasteiger partial charge in [0.05, 0.1) is 30.5 Å². The highest BCUT2D eigenvalue weighted by molar-refractivity contribution is 7.98. The smallest absolute Gasteiger partial charge is 0.309 e. The first-order valence-corrected chi connectivity index (χ1v) is 16.4. The van der Waals surface area contributed by atoms with Crippen LogP contribution in [0.4, 0.5) is 0 Å². The van der Waals surface area contributed by atoms with Gasteiger partial charge in [-0.05, 0) is 42.4 Å². The third-order valence-corrected chi connectivity index (χ3v) is 8.76. The van der Waals surface area contributed by atoms with E-state index in [9.17, 15) is 19.5 Å². The van der Waals surface area contributed by atoms with Crippen LogP contribution in [0.3, 0.4) is 0 Å². The molecule has 0 saturated heterocycles. The Balaban J connectivity index is 1.44. The van der Waals surface area contributed by atoms with E-state index in [1.807, 2.05) is 91.0 Å². The van der Waals surface area contributed by atoms with Gasteiger partial charge in [-0.15, -0.1) is 0 Å². The lowest BCUT2D eigenvalue weighted by Crippen LogP contribution is -2.46. The molecule has 4 atom stereocenters. The van der Waals surface area contributed by atoms with Gasteiger partial charge in [0.2, 0.25) is 11.8 Å². The highest BCUT2D eigenvalue weighted by atomic mass is 32.2. The molecule has 0 aliphatic carbocycles. The Bertz CT molecular complexity index is 1340. The number of esters is 1. The van der Waals surface area contributed by atoms with E-state index in [-0.39, 0.29) is 43.3 Å². The summed E-state index contributed by atoms with van der Waals surface area (Å²) in [6.07, 6.45) is 5.67. The van der Waals surface area contributed by atoms with Crippen LogP contribution in [0.5, 0.6) is 0 Å². The second kappa shape index (κ2) is 18.0. The number of aliphatic hydroxyl groups excluding tert-OH is 1. The minimum absolute atomic E-state index is 0.0153. The number of cyclic esters (lactones) is 1. The Labute approximate surface area is 264 Å². The van der Waals surface area contributed by atoms with Crippen LogP contribution in [-0.4, -0.2) is 53.9 Å². The van der Waals surface area contributed by atoms with Crippen LogP contribution in [0.25, 0.3) is 0 Å². The zero-order valence-electron chi connectivity index (χ0n) is 25.0. The summed E-state index contributed by atoms with van der Waals surface area (Å²) in [7, 11) is 0. The summed E-state index contributed by atoms with van der Waals surface area (Å²) < 4.78 is 5.80. The third kappa shape index (κ3) is 11.3. The molecule has 8 heteroatoms. The van der Waals surface area contributed by atoms with Crippen LogP contribution in [-0.2, 0) is 37.7 Å². The molecule has 0 aromatic heterocycles. The van der Waals surface area contributed by atoms with Crippen molar-refractivity contribution in [3.63, 3.8) is 0 Å². The number of hydrogen-bond acceptors (Lipinski definition) is 6. The highest BCUT2D eigenvalue weighted by Gasteiger charge is 2.27. The van der Waals surface area contributed by atoms with Crippen molar-refractivity contribution in [2.45, 2.75) is 49.9 Å². The lowest BCUT2D eigenvalue weighted by Gasteiger charge is -2.24. The fraction of sp³-hybridized carbons (Fsp3) is 0.361. The van der Waals surface area contributed by atoms with Gasteiger partial charge in [-0.2, -0.15) is 11.8 Å². The molecule has 0 fully saturated rings. The lowest BCUT2D eigenvalue weighted by atomic mass is 9.94. The van der Waals surface area contributed by atoms with Gasteiger partial charge in [0.1, 0.15) is 6.61 Å². The van der Waals surface area contributed by atoms with Crippen LogP contribution >= 0.6 is 11.8 Å². The maximum Gasteiger partial charge on any atom is 0.309 e. The average molecular weight is 615 g/mol. The molecule has 3 aromatic rings. The summed E-state index contributed by atoms with van der Waals surface area (Å²) in [5, 5.41) is 15.9. The number of allylic oxidation sites excluding steroid dienone is 2. The van der Waals surface area contributed by atoms with Crippen molar-refractivity contribution in [3.8, 4) is 0 Å². The SMILES string of the molecule is O=C(C[C@H]1CC=CC[C@H](Cc2ccccc2)C(=O)OC[C@H](CSCc2ccccc2)NC1=O)N[C@H](CO)Cc1ccccc1. The van der Waals surface area contributed by atoms with Gasteiger partial charge in [-0.1, -0.05) is 103 Å². The van der Waals surface area contributed by atoms with Gasteiger partial charge < -0.3 is 20.5 Å². The largest absolute Gasteiger partial charge is 0.463 e. The van der Waals surface area contributed by atoms with Crippen molar-refractivity contribution < 1.29 is 24.2 Å². The minimum atomic E-state index is -0.605. The van der Waals surface area contributed by atoms with Crippen LogP contribution in [0, 0.1) is 11.8 Å². The van der Waals surface area contributed by atoms with E-state index in [0.29, 0.717) is 31.4 Å². The molecule has 3 N–H and O–H groups in total. The summed E-state index contributed by atoms with van der Waals surface area (Å²) in [6.45, 7) is -0.143. The van der Waals surface area contributed by atoms with Crippen molar-refractivity contribution in [1.29, 1.82) is 0 Å². The fourth-order valence-corrected chi connectivity index (χ4v) is 6.19. The van der Waals surface area contributed by atoms with Crippen molar-refractivity contribution in [2.75, 3.05) is 19.0 Å². The highest BCUT2D eigenvalue weighted by Crippen LogP contribution is 2.20. The predicted octanol–water partition coefficient (Wildman–Crippen LogP) is 4.88. The van der Waals surface area contributed by atoms with Gasteiger partial charge in [0.15, 0.2) is 0 Å². The molecule has 4 rings (SSSR count). The predicted molar refractivity (Wildman–Crippen MR) is 175 cm³/mol. The number of carbonyl (C=O) groups is 3. The number of benzene rings is 3. The number of hydrogen-bond donors (Lipinski definition) is 3. The minimum Gasteiger partial charge on any atom is -0.463 e. The molecule has 44 heavy (non-hydrogen) atoms. The molecule has 0 unspecified atom stereocenters. The van der Waals surface area contributed by atoms with Crippen LogP contribution in [0.15, 0.2) is 103 Å². The normalized spacial score (nSPS) is 20.0. The summed E-state index contributed by atoms with van der Waals surface area (Å²) in [5.74, 6) is -0.472. The van der Waals surface area contributed by atoms with Crippen molar-refractivity contribution in [3.05, 3.63) is 120 Å². The van der Waals surface area contributed by atoms with E-state index >= 15 is 0 Å². The second-order valence-corrected chi connectivity index (χ2v) is 12.2. The van der Waals surface area contributed by atoms with Gasteiger partial charge in [-0.25, -0.2) is 0 Å². The first kappa shape index (κ1) is 33.0. The summed E-state index contributed by atoms with van der Waals surface area (Å²) in [4.78, 5) is 39.8. The molecule has 0 radical (unpaired) electrons. The molecule has 2 amide bonds. The van der Waals surface area contributed by atoms with Gasteiger partial charge in [-0.3, -0.25) is 14.4 Å². The van der Waals surface area contributed by atoms with Crippen molar-refractivity contribution in [2.24, 2.45) is 11.8 Å². The number of carbonyl (C=O) groups excluding carboxylic acids is 3. The quantitative estimate of drug-likeness (QED) is 0.198. The van der Waals surface area contributed by atoms with E-state index < -0.39 is 18.0 Å². The molecule has 1 aliphatic heterocycles. The lowest BCUT2D eigenvalue weighted by molar-refractivity contribution is -0.149. The molecular formula is C36H42N2O5S. The van der Waals surface area contributed by atoms with E-state index in [1.165, 1.54) is 5.56 Å². The van der Waals surface area contributed by atoms with Crippen molar-refractivity contribution >= 4 is 29.5 Å². The maximum absolute atomic E-state index is 13.5. The second-order valence-electron chi connectivity index (χ2n) is 11.2. The maximum atomic E-state index is 13.5. The number of aliphatic hydroxyl groups is 1. The number of nitrogens with one attached hydrogen (secondary N) is 2. The zero-order valence-corrected chi connectivity index (χ0v) is 25.8. The fourth-order valence-electron chi connectivity index (χ4n) is 5.18. The Hall–Kier alpha value is -3.88. The molecule has 1 aliphatic rings. The van der Waals surface area contributed by atoms with Gasteiger partial charge in [0, 0.05) is 17.9 Å². The first-order valence-electron chi connectivity index (χ1n) is 15.2. The van der Waals surface area contributed by atoms with Gasteiger partial charge in [0.25, 0.3) is 0 Å².